The molecule has 0 fully saturated rings. The summed E-state index contributed by atoms with van der Waals surface area (Å²) in [5.74, 6) is -1.26. The second-order valence-electron chi connectivity index (χ2n) is 4.92. The number of carboxylic acids is 1. The number of ether oxygens (including phenoxy) is 1. The molecule has 0 saturated carbocycles. The number of amides is 2. The van der Waals surface area contributed by atoms with Gasteiger partial charge in [0, 0.05) is 6.54 Å². The lowest BCUT2D eigenvalue weighted by molar-refractivity contribution is -0.123. The molecule has 0 saturated heterocycles. The van der Waals surface area contributed by atoms with Gasteiger partial charge in [-0.1, -0.05) is 6.92 Å². The number of nitrogens with zero attached hydrogens (tertiary/aromatic N) is 1. The second-order valence-corrected chi connectivity index (χ2v) is 4.92. The van der Waals surface area contributed by atoms with Crippen molar-refractivity contribution in [2.45, 2.75) is 19.8 Å². The molecule has 0 atom stereocenters. The van der Waals surface area contributed by atoms with Gasteiger partial charge in [-0.25, -0.2) is 4.79 Å². The van der Waals surface area contributed by atoms with Crippen molar-refractivity contribution in [2.75, 3.05) is 24.6 Å². The molecule has 0 aliphatic carbocycles. The summed E-state index contributed by atoms with van der Waals surface area (Å²) in [5, 5.41) is 11.8. The minimum Gasteiger partial charge on any atom is -0.491 e. The van der Waals surface area contributed by atoms with Crippen molar-refractivity contribution in [1.82, 2.24) is 5.32 Å². The first kappa shape index (κ1) is 15.8. The molecule has 118 valence electrons. The van der Waals surface area contributed by atoms with E-state index >= 15 is 0 Å². The molecule has 0 spiro atoms. The van der Waals surface area contributed by atoms with Gasteiger partial charge in [-0.05, 0) is 24.6 Å². The Morgan fingerprint density at radius 2 is 2.18 bits per heavy atom. The van der Waals surface area contributed by atoms with E-state index in [0.717, 1.165) is 6.42 Å². The molecule has 2 amide bonds. The number of hydrogen-bond acceptors (Lipinski definition) is 4. The minimum absolute atomic E-state index is 0.0380. The molecule has 22 heavy (non-hydrogen) atoms. The second kappa shape index (κ2) is 6.93. The zero-order chi connectivity index (χ0) is 16.1. The molecule has 2 N–H and O–H groups in total. The molecular formula is C15H18N2O5. The maximum atomic E-state index is 12.2. The average molecular weight is 306 g/mol. The van der Waals surface area contributed by atoms with E-state index < -0.39 is 5.97 Å². The van der Waals surface area contributed by atoms with Gasteiger partial charge < -0.3 is 15.2 Å². The number of aromatic carboxylic acids is 1. The lowest BCUT2D eigenvalue weighted by Gasteiger charge is -2.21. The molecule has 1 aromatic rings. The molecule has 1 heterocycles. The Balaban J connectivity index is 2.31. The highest BCUT2D eigenvalue weighted by molar-refractivity contribution is 6.01. The highest BCUT2D eigenvalue weighted by Crippen LogP contribution is 2.32. The van der Waals surface area contributed by atoms with Crippen LogP contribution >= 0.6 is 0 Å². The van der Waals surface area contributed by atoms with Crippen molar-refractivity contribution in [3.05, 3.63) is 23.8 Å². The highest BCUT2D eigenvalue weighted by atomic mass is 16.5. The van der Waals surface area contributed by atoms with Gasteiger partial charge in [-0.15, -0.1) is 0 Å². The number of nitrogens with one attached hydrogen (secondary N) is 1. The number of carbonyl (C=O) groups excluding carboxylic acids is 2. The van der Waals surface area contributed by atoms with Crippen LogP contribution in [0.4, 0.5) is 5.69 Å². The van der Waals surface area contributed by atoms with Gasteiger partial charge in [-0.2, -0.15) is 0 Å². The molecule has 1 aromatic carbocycles. The predicted molar refractivity (Wildman–Crippen MR) is 79.2 cm³/mol. The molecule has 0 aromatic heterocycles. The number of benzene rings is 1. The SMILES string of the molecule is CCCNC(=O)CN1C(=O)CCOc2ccc(C(=O)O)cc21. The average Bonchev–Trinajstić information content (AvgIpc) is 2.64. The third-order valence-corrected chi connectivity index (χ3v) is 3.25. The zero-order valence-electron chi connectivity index (χ0n) is 12.3. The molecule has 1 aliphatic heterocycles. The summed E-state index contributed by atoms with van der Waals surface area (Å²) in [5.41, 5.74) is 0.352. The van der Waals surface area contributed by atoms with Crippen molar-refractivity contribution in [2.24, 2.45) is 0 Å². The molecule has 7 heteroatoms. The third kappa shape index (κ3) is 3.55. The van der Waals surface area contributed by atoms with Crippen molar-refractivity contribution in [3.8, 4) is 5.75 Å². The van der Waals surface area contributed by atoms with Gasteiger partial charge in [0.1, 0.15) is 12.3 Å². The predicted octanol–water partition coefficient (Wildman–Crippen LogP) is 1.03. The summed E-state index contributed by atoms with van der Waals surface area (Å²) in [7, 11) is 0. The van der Waals surface area contributed by atoms with E-state index in [1.54, 1.807) is 0 Å². The lowest BCUT2D eigenvalue weighted by atomic mass is 10.1. The standard InChI is InChI=1S/C15H18N2O5/c1-2-6-16-13(18)9-17-11-8-10(15(20)21)3-4-12(11)22-7-5-14(17)19/h3-4,8H,2,5-7,9H2,1H3,(H,16,18)(H,20,21). The maximum Gasteiger partial charge on any atom is 0.335 e. The fraction of sp³-hybridized carbons (Fsp3) is 0.400. The Morgan fingerprint density at radius 3 is 2.86 bits per heavy atom. The number of carbonyl (C=O) groups is 3. The van der Waals surface area contributed by atoms with Crippen LogP contribution in [-0.2, 0) is 9.59 Å². The lowest BCUT2D eigenvalue weighted by Crippen LogP contribution is -2.40. The van der Waals surface area contributed by atoms with E-state index in [0.29, 0.717) is 18.0 Å². The van der Waals surface area contributed by atoms with E-state index in [1.165, 1.54) is 23.1 Å². The van der Waals surface area contributed by atoms with Gasteiger partial charge in [0.05, 0.1) is 24.3 Å². The number of hydrogen-bond donors (Lipinski definition) is 2. The van der Waals surface area contributed by atoms with Crippen molar-refractivity contribution in [1.29, 1.82) is 0 Å². The van der Waals surface area contributed by atoms with E-state index in [4.69, 9.17) is 9.84 Å². The Morgan fingerprint density at radius 1 is 1.41 bits per heavy atom. The van der Waals surface area contributed by atoms with Gasteiger partial charge >= 0.3 is 5.97 Å². The Bertz CT molecular complexity index is 600. The maximum absolute atomic E-state index is 12.2. The Labute approximate surface area is 127 Å². The monoisotopic (exact) mass is 306 g/mol. The number of carboxylic acid groups (broad SMARTS) is 1. The molecule has 2 rings (SSSR count). The smallest absolute Gasteiger partial charge is 0.335 e. The molecule has 0 bridgehead atoms. The number of fused-ring (bicyclic) bond motifs is 1. The van der Waals surface area contributed by atoms with Gasteiger partial charge in [-0.3, -0.25) is 14.5 Å². The minimum atomic E-state index is -1.10. The van der Waals surface area contributed by atoms with Gasteiger partial charge in [0.2, 0.25) is 11.8 Å². The zero-order valence-corrected chi connectivity index (χ0v) is 12.3. The van der Waals surface area contributed by atoms with E-state index in [9.17, 15) is 14.4 Å². The number of anilines is 1. The summed E-state index contributed by atoms with van der Waals surface area (Å²) < 4.78 is 5.46. The van der Waals surface area contributed by atoms with Crippen LogP contribution in [0.25, 0.3) is 0 Å². The Kier molecular flexibility index (Phi) is 4.98. The molecule has 1 aliphatic rings. The van der Waals surface area contributed by atoms with Crippen LogP contribution in [-0.4, -0.2) is 42.6 Å². The molecule has 0 radical (unpaired) electrons. The number of rotatable bonds is 5. The van der Waals surface area contributed by atoms with Crippen molar-refractivity contribution in [3.63, 3.8) is 0 Å². The van der Waals surface area contributed by atoms with Crippen LogP contribution in [0, 0.1) is 0 Å². The van der Waals surface area contributed by atoms with E-state index in [1.807, 2.05) is 6.92 Å². The van der Waals surface area contributed by atoms with Gasteiger partial charge in [0.25, 0.3) is 0 Å². The normalized spacial score (nSPS) is 13.9. The summed E-state index contributed by atoms with van der Waals surface area (Å²) in [6.45, 7) is 2.50. The summed E-state index contributed by atoms with van der Waals surface area (Å²) in [6.07, 6.45) is 0.931. The van der Waals surface area contributed by atoms with Crippen LogP contribution in [0.2, 0.25) is 0 Å². The van der Waals surface area contributed by atoms with Crippen LogP contribution in [0.1, 0.15) is 30.1 Å². The highest BCUT2D eigenvalue weighted by Gasteiger charge is 2.26. The summed E-state index contributed by atoms with van der Waals surface area (Å²) in [4.78, 5) is 36.5. The first-order valence-corrected chi connectivity index (χ1v) is 7.10. The van der Waals surface area contributed by atoms with Crippen LogP contribution < -0.4 is 15.0 Å². The Hall–Kier alpha value is -2.57. The fourth-order valence-corrected chi connectivity index (χ4v) is 2.14. The summed E-state index contributed by atoms with van der Waals surface area (Å²) in [6, 6.07) is 4.27. The molecule has 7 nitrogen and oxygen atoms in total. The van der Waals surface area contributed by atoms with Crippen molar-refractivity contribution >= 4 is 23.5 Å². The largest absolute Gasteiger partial charge is 0.491 e. The fourth-order valence-electron chi connectivity index (χ4n) is 2.14. The topological polar surface area (TPSA) is 95.9 Å². The van der Waals surface area contributed by atoms with Crippen molar-refractivity contribution < 1.29 is 24.2 Å². The molecular weight excluding hydrogens is 288 g/mol. The quantitative estimate of drug-likeness (QED) is 0.847. The first-order chi connectivity index (χ1) is 10.5. The van der Waals surface area contributed by atoms with Crippen LogP contribution in [0.15, 0.2) is 18.2 Å². The third-order valence-electron chi connectivity index (χ3n) is 3.25. The van der Waals surface area contributed by atoms with E-state index in [2.05, 4.69) is 5.32 Å². The first-order valence-electron chi connectivity index (χ1n) is 7.10. The van der Waals surface area contributed by atoms with Gasteiger partial charge in [0.15, 0.2) is 0 Å². The van der Waals surface area contributed by atoms with Crippen LogP contribution in [0.3, 0.4) is 0 Å². The molecule has 0 unspecified atom stereocenters. The van der Waals surface area contributed by atoms with Crippen LogP contribution in [0.5, 0.6) is 5.75 Å². The van der Waals surface area contributed by atoms with E-state index in [-0.39, 0.29) is 37.0 Å². The summed E-state index contributed by atoms with van der Waals surface area (Å²) >= 11 is 0.